The molecule has 0 bridgehead atoms. The molecule has 1 aromatic carbocycles. The molecule has 1 saturated heterocycles. The van der Waals surface area contributed by atoms with E-state index in [4.69, 9.17) is 5.73 Å². The lowest BCUT2D eigenvalue weighted by Crippen LogP contribution is -2.67. The van der Waals surface area contributed by atoms with Crippen LogP contribution >= 0.6 is 15.9 Å². The number of nitrogens with two attached hydrogens (primary N) is 1. The molecule has 1 fully saturated rings. The summed E-state index contributed by atoms with van der Waals surface area (Å²) < 4.78 is 0.978. The maximum Gasteiger partial charge on any atom is 0.244 e. The summed E-state index contributed by atoms with van der Waals surface area (Å²) in [6.07, 6.45) is 0. The SMILES string of the molecule is CC1(C)CNC(=O)C(CN)N1c1ccccc1Br. The van der Waals surface area contributed by atoms with Gasteiger partial charge in [0.15, 0.2) is 0 Å². The Morgan fingerprint density at radius 2 is 2.17 bits per heavy atom. The fraction of sp³-hybridized carbons (Fsp3) is 0.462. The van der Waals surface area contributed by atoms with Crippen molar-refractivity contribution in [3.8, 4) is 0 Å². The van der Waals surface area contributed by atoms with E-state index in [1.165, 1.54) is 0 Å². The molecule has 3 N–H and O–H groups in total. The first-order valence-electron chi connectivity index (χ1n) is 5.99. The fourth-order valence-corrected chi connectivity index (χ4v) is 2.87. The summed E-state index contributed by atoms with van der Waals surface area (Å²) in [7, 11) is 0. The normalized spacial score (nSPS) is 22.8. The van der Waals surface area contributed by atoms with Crippen molar-refractivity contribution in [2.75, 3.05) is 18.0 Å². The summed E-state index contributed by atoms with van der Waals surface area (Å²) in [6.45, 7) is 5.13. The van der Waals surface area contributed by atoms with Crippen molar-refractivity contribution in [3.63, 3.8) is 0 Å². The van der Waals surface area contributed by atoms with Gasteiger partial charge < -0.3 is 16.0 Å². The van der Waals surface area contributed by atoms with Crippen LogP contribution in [-0.2, 0) is 4.79 Å². The number of carbonyl (C=O) groups excluding carboxylic acids is 1. The quantitative estimate of drug-likeness (QED) is 0.870. The van der Waals surface area contributed by atoms with E-state index >= 15 is 0 Å². The number of amides is 1. The lowest BCUT2D eigenvalue weighted by Gasteiger charge is -2.48. The van der Waals surface area contributed by atoms with E-state index in [1.54, 1.807) is 0 Å². The molecule has 5 heteroatoms. The van der Waals surface area contributed by atoms with E-state index in [2.05, 4.69) is 40.0 Å². The van der Waals surface area contributed by atoms with Gasteiger partial charge in [0.1, 0.15) is 6.04 Å². The molecule has 1 heterocycles. The number of piperazine rings is 1. The van der Waals surface area contributed by atoms with Gasteiger partial charge in [0.2, 0.25) is 5.91 Å². The molecule has 2 rings (SSSR count). The number of halogens is 1. The van der Waals surface area contributed by atoms with Crippen LogP contribution in [0.3, 0.4) is 0 Å². The minimum atomic E-state index is -0.326. The largest absolute Gasteiger partial charge is 0.352 e. The predicted molar refractivity (Wildman–Crippen MR) is 76.6 cm³/mol. The maximum atomic E-state index is 12.0. The Labute approximate surface area is 116 Å². The molecule has 98 valence electrons. The summed E-state index contributed by atoms with van der Waals surface area (Å²) in [5, 5.41) is 2.92. The number of hydrogen-bond acceptors (Lipinski definition) is 3. The van der Waals surface area contributed by atoms with E-state index in [9.17, 15) is 4.79 Å². The Kier molecular flexibility index (Phi) is 3.64. The van der Waals surface area contributed by atoms with Crippen molar-refractivity contribution in [3.05, 3.63) is 28.7 Å². The second-order valence-corrected chi connectivity index (χ2v) is 5.96. The molecule has 4 nitrogen and oxygen atoms in total. The molecule has 0 saturated carbocycles. The number of hydrogen-bond donors (Lipinski definition) is 2. The summed E-state index contributed by atoms with van der Waals surface area (Å²) in [5.41, 5.74) is 6.62. The number of carbonyl (C=O) groups is 1. The van der Waals surface area contributed by atoms with Crippen molar-refractivity contribution in [2.24, 2.45) is 5.73 Å². The first-order chi connectivity index (χ1) is 8.47. The molecule has 0 radical (unpaired) electrons. The van der Waals surface area contributed by atoms with Gasteiger partial charge in [-0.3, -0.25) is 4.79 Å². The van der Waals surface area contributed by atoms with Gasteiger partial charge in [-0.25, -0.2) is 0 Å². The minimum absolute atomic E-state index is 0.00687. The summed E-state index contributed by atoms with van der Waals surface area (Å²) >= 11 is 3.55. The molecule has 0 aromatic heterocycles. The third kappa shape index (κ3) is 2.24. The van der Waals surface area contributed by atoms with Crippen LogP contribution in [-0.4, -0.2) is 30.6 Å². The predicted octanol–water partition coefficient (Wildman–Crippen LogP) is 1.49. The van der Waals surface area contributed by atoms with Crippen molar-refractivity contribution in [1.82, 2.24) is 5.32 Å². The summed E-state index contributed by atoms with van der Waals surface area (Å²) in [5.74, 6) is -0.00687. The Bertz CT molecular complexity index is 461. The van der Waals surface area contributed by atoms with Gasteiger partial charge in [-0.2, -0.15) is 0 Å². The zero-order chi connectivity index (χ0) is 13.3. The van der Waals surface area contributed by atoms with Crippen LogP contribution in [0, 0.1) is 0 Å². The minimum Gasteiger partial charge on any atom is -0.352 e. The average Bonchev–Trinajstić information content (AvgIpc) is 2.33. The van der Waals surface area contributed by atoms with Gasteiger partial charge >= 0.3 is 0 Å². The molecule has 18 heavy (non-hydrogen) atoms. The zero-order valence-corrected chi connectivity index (χ0v) is 12.2. The molecular formula is C13H18BrN3O. The van der Waals surface area contributed by atoms with Gasteiger partial charge in [-0.05, 0) is 41.9 Å². The topological polar surface area (TPSA) is 58.4 Å². The second kappa shape index (κ2) is 4.90. The summed E-state index contributed by atoms with van der Waals surface area (Å²) in [4.78, 5) is 14.1. The van der Waals surface area contributed by atoms with E-state index in [1.807, 2.05) is 24.3 Å². The Balaban J connectivity index is 2.48. The monoisotopic (exact) mass is 311 g/mol. The molecule has 0 spiro atoms. The Morgan fingerprint density at radius 1 is 1.50 bits per heavy atom. The van der Waals surface area contributed by atoms with Gasteiger partial charge in [0.05, 0.1) is 11.2 Å². The highest BCUT2D eigenvalue weighted by Gasteiger charge is 2.41. The molecular weight excluding hydrogens is 294 g/mol. The standard InChI is InChI=1S/C13H18BrN3O/c1-13(2)8-16-12(18)11(7-15)17(13)10-6-4-3-5-9(10)14/h3-6,11H,7-8,15H2,1-2H3,(H,16,18). The van der Waals surface area contributed by atoms with Crippen LogP contribution in [0.25, 0.3) is 0 Å². The number of rotatable bonds is 2. The van der Waals surface area contributed by atoms with E-state index in [0.717, 1.165) is 10.2 Å². The van der Waals surface area contributed by atoms with Crippen molar-refractivity contribution in [1.29, 1.82) is 0 Å². The third-order valence-electron chi connectivity index (χ3n) is 3.30. The highest BCUT2D eigenvalue weighted by atomic mass is 79.9. The Morgan fingerprint density at radius 3 is 2.78 bits per heavy atom. The van der Waals surface area contributed by atoms with Crippen LogP contribution in [0.2, 0.25) is 0 Å². The zero-order valence-electron chi connectivity index (χ0n) is 10.6. The number of para-hydroxylation sites is 1. The third-order valence-corrected chi connectivity index (χ3v) is 3.97. The number of anilines is 1. The van der Waals surface area contributed by atoms with Crippen LogP contribution in [0.5, 0.6) is 0 Å². The average molecular weight is 312 g/mol. The fourth-order valence-electron chi connectivity index (χ4n) is 2.40. The van der Waals surface area contributed by atoms with Crippen LogP contribution in [0.4, 0.5) is 5.69 Å². The van der Waals surface area contributed by atoms with Crippen molar-refractivity contribution in [2.45, 2.75) is 25.4 Å². The molecule has 1 aromatic rings. The molecule has 1 amide bonds. The van der Waals surface area contributed by atoms with Gasteiger partial charge in [-0.1, -0.05) is 12.1 Å². The second-order valence-electron chi connectivity index (χ2n) is 5.10. The van der Waals surface area contributed by atoms with Gasteiger partial charge in [-0.15, -0.1) is 0 Å². The van der Waals surface area contributed by atoms with Crippen LogP contribution < -0.4 is 16.0 Å². The molecule has 1 atom stereocenters. The van der Waals surface area contributed by atoms with Crippen LogP contribution in [0.15, 0.2) is 28.7 Å². The smallest absolute Gasteiger partial charge is 0.244 e. The Hall–Kier alpha value is -1.07. The van der Waals surface area contributed by atoms with E-state index in [-0.39, 0.29) is 17.5 Å². The number of nitrogens with zero attached hydrogens (tertiary/aromatic N) is 1. The molecule has 1 aliphatic heterocycles. The van der Waals surface area contributed by atoms with E-state index < -0.39 is 0 Å². The maximum absolute atomic E-state index is 12.0. The highest BCUT2D eigenvalue weighted by molar-refractivity contribution is 9.10. The lowest BCUT2D eigenvalue weighted by molar-refractivity contribution is -0.124. The molecule has 1 unspecified atom stereocenters. The first kappa shape index (κ1) is 13.4. The molecule has 0 aliphatic carbocycles. The van der Waals surface area contributed by atoms with Crippen molar-refractivity contribution >= 4 is 27.5 Å². The summed E-state index contributed by atoms with van der Waals surface area (Å²) in [6, 6.07) is 7.59. The van der Waals surface area contributed by atoms with Crippen molar-refractivity contribution < 1.29 is 4.79 Å². The number of benzene rings is 1. The lowest BCUT2D eigenvalue weighted by atomic mass is 9.94. The van der Waals surface area contributed by atoms with Crippen LogP contribution in [0.1, 0.15) is 13.8 Å². The highest BCUT2D eigenvalue weighted by Crippen LogP contribution is 2.34. The number of nitrogens with one attached hydrogen (secondary N) is 1. The van der Waals surface area contributed by atoms with Gasteiger partial charge in [0.25, 0.3) is 0 Å². The van der Waals surface area contributed by atoms with Gasteiger partial charge in [0, 0.05) is 17.6 Å². The van der Waals surface area contributed by atoms with E-state index in [0.29, 0.717) is 13.1 Å². The molecule has 1 aliphatic rings. The first-order valence-corrected chi connectivity index (χ1v) is 6.78.